The van der Waals surface area contributed by atoms with E-state index in [1.807, 2.05) is 42.6 Å². The number of ether oxygens (including phenoxy) is 1. The Bertz CT molecular complexity index is 471. The molecule has 0 bridgehead atoms. The molecule has 0 amide bonds. The summed E-state index contributed by atoms with van der Waals surface area (Å²) in [6, 6.07) is 11.7. The lowest BCUT2D eigenvalue weighted by Crippen LogP contribution is -2.00. The van der Waals surface area contributed by atoms with E-state index in [1.165, 1.54) is 0 Å². The van der Waals surface area contributed by atoms with Crippen molar-refractivity contribution in [3.05, 3.63) is 54.4 Å². The largest absolute Gasteiger partial charge is 0.494 e. The fraction of sp³-hybridized carbons (Fsp3) is 0.267. The average Bonchev–Trinajstić information content (AvgIpc) is 2.42. The van der Waals surface area contributed by atoms with E-state index in [2.05, 4.69) is 4.98 Å². The van der Waals surface area contributed by atoms with Gasteiger partial charge in [0, 0.05) is 18.1 Å². The van der Waals surface area contributed by atoms with E-state index in [1.54, 1.807) is 6.20 Å². The van der Waals surface area contributed by atoms with Crippen LogP contribution in [0.1, 0.15) is 18.4 Å². The molecule has 1 aromatic carbocycles. The summed E-state index contributed by atoms with van der Waals surface area (Å²) in [5, 5.41) is 0. The van der Waals surface area contributed by atoms with Gasteiger partial charge in [0.15, 0.2) is 0 Å². The van der Waals surface area contributed by atoms with E-state index in [9.17, 15) is 0 Å². The van der Waals surface area contributed by atoms with Crippen molar-refractivity contribution in [2.45, 2.75) is 19.3 Å². The highest BCUT2D eigenvalue weighted by Crippen LogP contribution is 2.13. The number of benzene rings is 1. The van der Waals surface area contributed by atoms with E-state index in [4.69, 9.17) is 10.5 Å². The topological polar surface area (TPSA) is 48.1 Å². The van der Waals surface area contributed by atoms with Crippen LogP contribution >= 0.6 is 0 Å². The first-order valence-electron chi connectivity index (χ1n) is 6.22. The van der Waals surface area contributed by atoms with Gasteiger partial charge in [-0.25, -0.2) is 0 Å². The van der Waals surface area contributed by atoms with Crippen molar-refractivity contribution >= 4 is 5.69 Å². The van der Waals surface area contributed by atoms with Crippen LogP contribution in [0.5, 0.6) is 5.75 Å². The van der Waals surface area contributed by atoms with Crippen LogP contribution < -0.4 is 10.5 Å². The maximum absolute atomic E-state index is 5.86. The van der Waals surface area contributed by atoms with Crippen LogP contribution in [0.15, 0.2) is 48.8 Å². The van der Waals surface area contributed by atoms with Gasteiger partial charge in [0.1, 0.15) is 5.75 Å². The third-order valence-electron chi connectivity index (χ3n) is 2.79. The van der Waals surface area contributed by atoms with Crippen LogP contribution in [0.3, 0.4) is 0 Å². The van der Waals surface area contributed by atoms with Gasteiger partial charge in [-0.3, -0.25) is 4.98 Å². The lowest BCUT2D eigenvalue weighted by Gasteiger charge is -2.06. The highest BCUT2D eigenvalue weighted by atomic mass is 16.5. The van der Waals surface area contributed by atoms with Gasteiger partial charge in [-0.2, -0.15) is 0 Å². The predicted octanol–water partition coefficient (Wildman–Crippen LogP) is 3.07. The third kappa shape index (κ3) is 3.77. The molecule has 0 saturated heterocycles. The average molecular weight is 242 g/mol. The van der Waals surface area contributed by atoms with Crippen molar-refractivity contribution in [1.82, 2.24) is 4.98 Å². The van der Waals surface area contributed by atoms with E-state index in [-0.39, 0.29) is 0 Å². The number of para-hydroxylation sites is 1. The van der Waals surface area contributed by atoms with Crippen LogP contribution in [0.2, 0.25) is 0 Å². The number of nitrogen functional groups attached to an aromatic ring is 1. The van der Waals surface area contributed by atoms with Crippen molar-refractivity contribution in [3.8, 4) is 5.75 Å². The molecular formula is C15H18N2O. The zero-order chi connectivity index (χ0) is 12.6. The number of unbranched alkanes of at least 4 members (excludes halogenated alkanes) is 1. The summed E-state index contributed by atoms with van der Waals surface area (Å²) in [5.41, 5.74) is 7.81. The Hall–Kier alpha value is -2.03. The standard InChI is InChI=1S/C15H18N2O/c16-15-9-10-17-12-13(15)6-4-5-11-18-14-7-2-1-3-8-14/h1-3,7-10,12H,4-6,11H2,(H2,16,17). The number of nitrogens with zero attached hydrogens (tertiary/aromatic N) is 1. The quantitative estimate of drug-likeness (QED) is 0.792. The molecule has 0 fully saturated rings. The fourth-order valence-electron chi connectivity index (χ4n) is 1.77. The molecule has 0 atom stereocenters. The van der Waals surface area contributed by atoms with Gasteiger partial charge in [0.2, 0.25) is 0 Å². The second kappa shape index (κ2) is 6.64. The third-order valence-corrected chi connectivity index (χ3v) is 2.79. The molecule has 2 rings (SSSR count). The molecular weight excluding hydrogens is 224 g/mol. The summed E-state index contributed by atoms with van der Waals surface area (Å²) in [7, 11) is 0. The molecule has 0 saturated carbocycles. The van der Waals surface area contributed by atoms with Crippen molar-refractivity contribution in [2.75, 3.05) is 12.3 Å². The van der Waals surface area contributed by atoms with Gasteiger partial charge < -0.3 is 10.5 Å². The molecule has 2 aromatic rings. The minimum atomic E-state index is 0.740. The summed E-state index contributed by atoms with van der Waals surface area (Å²) in [4.78, 5) is 4.08. The SMILES string of the molecule is Nc1ccncc1CCCCOc1ccccc1. The van der Waals surface area contributed by atoms with E-state index < -0.39 is 0 Å². The van der Waals surface area contributed by atoms with Crippen LogP contribution in [0.4, 0.5) is 5.69 Å². The van der Waals surface area contributed by atoms with Crippen molar-refractivity contribution in [1.29, 1.82) is 0 Å². The van der Waals surface area contributed by atoms with Crippen molar-refractivity contribution < 1.29 is 4.74 Å². The Morgan fingerprint density at radius 2 is 1.89 bits per heavy atom. The molecule has 0 aliphatic carbocycles. The summed E-state index contributed by atoms with van der Waals surface area (Å²) < 4.78 is 5.63. The molecule has 0 aliphatic rings. The Morgan fingerprint density at radius 3 is 2.67 bits per heavy atom. The monoisotopic (exact) mass is 242 g/mol. The molecule has 1 aromatic heterocycles. The number of anilines is 1. The Morgan fingerprint density at radius 1 is 1.06 bits per heavy atom. The van der Waals surface area contributed by atoms with Crippen molar-refractivity contribution in [2.24, 2.45) is 0 Å². The first-order valence-corrected chi connectivity index (χ1v) is 6.22. The minimum absolute atomic E-state index is 0.740. The molecule has 0 spiro atoms. The second-order valence-corrected chi connectivity index (χ2v) is 4.19. The highest BCUT2D eigenvalue weighted by Gasteiger charge is 1.98. The van der Waals surface area contributed by atoms with E-state index in [0.29, 0.717) is 0 Å². The maximum Gasteiger partial charge on any atom is 0.119 e. The zero-order valence-electron chi connectivity index (χ0n) is 10.4. The minimum Gasteiger partial charge on any atom is -0.494 e. The molecule has 1 heterocycles. The number of hydrogen-bond acceptors (Lipinski definition) is 3. The molecule has 18 heavy (non-hydrogen) atoms. The first kappa shape index (κ1) is 12.4. The number of aryl methyl sites for hydroxylation is 1. The van der Waals surface area contributed by atoms with Gasteiger partial charge in [0.05, 0.1) is 6.61 Å². The van der Waals surface area contributed by atoms with Crippen molar-refractivity contribution in [3.63, 3.8) is 0 Å². The van der Waals surface area contributed by atoms with Crippen LogP contribution in [-0.4, -0.2) is 11.6 Å². The van der Waals surface area contributed by atoms with Gasteiger partial charge in [-0.05, 0) is 43.0 Å². The van der Waals surface area contributed by atoms with Crippen LogP contribution in [-0.2, 0) is 6.42 Å². The second-order valence-electron chi connectivity index (χ2n) is 4.19. The lowest BCUT2D eigenvalue weighted by molar-refractivity contribution is 0.307. The lowest BCUT2D eigenvalue weighted by atomic mass is 10.1. The van der Waals surface area contributed by atoms with Gasteiger partial charge in [-0.15, -0.1) is 0 Å². The number of nitrogens with two attached hydrogens (primary N) is 1. The summed E-state index contributed by atoms with van der Waals surface area (Å²) in [5.74, 6) is 0.929. The molecule has 0 unspecified atom stereocenters. The van der Waals surface area contributed by atoms with E-state index >= 15 is 0 Å². The number of aromatic nitrogens is 1. The predicted molar refractivity (Wildman–Crippen MR) is 73.5 cm³/mol. The van der Waals surface area contributed by atoms with Gasteiger partial charge in [-0.1, -0.05) is 18.2 Å². The van der Waals surface area contributed by atoms with Gasteiger partial charge >= 0.3 is 0 Å². The maximum atomic E-state index is 5.86. The molecule has 0 radical (unpaired) electrons. The molecule has 3 nitrogen and oxygen atoms in total. The zero-order valence-corrected chi connectivity index (χ0v) is 10.4. The number of rotatable bonds is 6. The summed E-state index contributed by atoms with van der Waals surface area (Å²) in [6.07, 6.45) is 6.59. The van der Waals surface area contributed by atoms with E-state index in [0.717, 1.165) is 42.9 Å². The van der Waals surface area contributed by atoms with Crippen LogP contribution in [0, 0.1) is 0 Å². The molecule has 3 heteroatoms. The van der Waals surface area contributed by atoms with Crippen LogP contribution in [0.25, 0.3) is 0 Å². The summed E-state index contributed by atoms with van der Waals surface area (Å²) in [6.45, 7) is 0.740. The summed E-state index contributed by atoms with van der Waals surface area (Å²) >= 11 is 0. The molecule has 94 valence electrons. The number of hydrogen-bond donors (Lipinski definition) is 1. The molecule has 0 aliphatic heterocycles. The number of pyridine rings is 1. The fourth-order valence-corrected chi connectivity index (χ4v) is 1.77. The normalized spacial score (nSPS) is 10.2. The smallest absolute Gasteiger partial charge is 0.119 e. The highest BCUT2D eigenvalue weighted by molar-refractivity contribution is 5.44. The first-order chi connectivity index (χ1) is 8.86. The Labute approximate surface area is 108 Å². The Balaban J connectivity index is 1.66. The van der Waals surface area contributed by atoms with Gasteiger partial charge in [0.25, 0.3) is 0 Å². The Kier molecular flexibility index (Phi) is 4.59. The molecule has 2 N–H and O–H groups in total.